The normalized spacial score (nSPS) is 17.4. The molecule has 0 atom stereocenters. The third kappa shape index (κ3) is 4.34. The lowest BCUT2D eigenvalue weighted by molar-refractivity contribution is 0.111. The Morgan fingerprint density at radius 1 is 1.18 bits per heavy atom. The summed E-state index contributed by atoms with van der Waals surface area (Å²) in [5, 5.41) is 6.18. The molecule has 3 rings (SSSR count). The van der Waals surface area contributed by atoms with Crippen LogP contribution in [0.1, 0.15) is 31.3 Å². The lowest BCUT2D eigenvalue weighted by Crippen LogP contribution is -2.45. The predicted molar refractivity (Wildman–Crippen MR) is 85.5 cm³/mol. The lowest BCUT2D eigenvalue weighted by atomic mass is 10.1. The second kappa shape index (κ2) is 7.30. The molecule has 2 aromatic rings. The van der Waals surface area contributed by atoms with Crippen LogP contribution in [-0.2, 0) is 19.5 Å². The molecule has 1 saturated heterocycles. The van der Waals surface area contributed by atoms with E-state index in [1.54, 1.807) is 11.3 Å². The Hall–Kier alpha value is -1.31. The molecule has 0 spiro atoms. The minimum Gasteiger partial charge on any atom is -0.338 e. The van der Waals surface area contributed by atoms with Crippen molar-refractivity contribution in [2.45, 2.75) is 33.4 Å². The van der Waals surface area contributed by atoms with Crippen molar-refractivity contribution in [3.8, 4) is 0 Å². The van der Waals surface area contributed by atoms with Crippen molar-refractivity contribution in [2.24, 2.45) is 5.92 Å². The molecule has 6 nitrogen and oxygen atoms in total. The first-order valence-corrected chi connectivity index (χ1v) is 8.76. The van der Waals surface area contributed by atoms with Crippen molar-refractivity contribution in [1.82, 2.24) is 24.9 Å². The Kier molecular flexibility index (Phi) is 5.17. The molecular formula is C15H23N5OS. The fraction of sp³-hybridized carbons (Fsp3) is 0.667. The predicted octanol–water partition coefficient (Wildman–Crippen LogP) is 2.04. The van der Waals surface area contributed by atoms with E-state index in [9.17, 15) is 0 Å². The van der Waals surface area contributed by atoms with Crippen LogP contribution in [0.15, 0.2) is 15.4 Å². The van der Waals surface area contributed by atoms with Gasteiger partial charge >= 0.3 is 0 Å². The van der Waals surface area contributed by atoms with E-state index in [0.29, 0.717) is 5.92 Å². The Morgan fingerprint density at radius 2 is 1.91 bits per heavy atom. The zero-order valence-corrected chi connectivity index (χ0v) is 14.1. The van der Waals surface area contributed by atoms with E-state index in [4.69, 9.17) is 4.52 Å². The number of hydrogen-bond donors (Lipinski definition) is 0. The SMILES string of the molecule is CC(C)Cc1noc(CN2CCN(Cc3cscn3)CC2)n1. The molecule has 0 aliphatic carbocycles. The molecule has 0 unspecified atom stereocenters. The summed E-state index contributed by atoms with van der Waals surface area (Å²) in [6.07, 6.45) is 0.880. The second-order valence-corrected chi connectivity index (χ2v) is 6.95. The van der Waals surface area contributed by atoms with Gasteiger partial charge in [-0.1, -0.05) is 19.0 Å². The number of aromatic nitrogens is 3. The molecular weight excluding hydrogens is 298 g/mol. The van der Waals surface area contributed by atoms with E-state index in [1.165, 1.54) is 5.69 Å². The maximum Gasteiger partial charge on any atom is 0.240 e. The van der Waals surface area contributed by atoms with Crippen LogP contribution in [0.5, 0.6) is 0 Å². The van der Waals surface area contributed by atoms with Gasteiger partial charge in [-0.15, -0.1) is 11.3 Å². The third-order valence-electron chi connectivity index (χ3n) is 3.79. The van der Waals surface area contributed by atoms with Crippen molar-refractivity contribution in [1.29, 1.82) is 0 Å². The second-order valence-electron chi connectivity index (χ2n) is 6.23. The first kappa shape index (κ1) is 15.6. The van der Waals surface area contributed by atoms with Crippen molar-refractivity contribution in [3.63, 3.8) is 0 Å². The molecule has 0 bridgehead atoms. The number of rotatable bonds is 6. The molecule has 2 aromatic heterocycles. The zero-order valence-electron chi connectivity index (χ0n) is 13.2. The maximum absolute atomic E-state index is 5.36. The molecule has 0 N–H and O–H groups in total. The third-order valence-corrected chi connectivity index (χ3v) is 4.43. The van der Waals surface area contributed by atoms with Gasteiger partial charge in [-0.05, 0) is 5.92 Å². The van der Waals surface area contributed by atoms with E-state index in [2.05, 4.69) is 44.2 Å². The monoisotopic (exact) mass is 321 g/mol. The summed E-state index contributed by atoms with van der Waals surface area (Å²) in [4.78, 5) is 13.7. The first-order valence-electron chi connectivity index (χ1n) is 7.82. The van der Waals surface area contributed by atoms with Gasteiger partial charge in [0.2, 0.25) is 5.89 Å². The van der Waals surface area contributed by atoms with Gasteiger partial charge in [0, 0.05) is 44.5 Å². The van der Waals surface area contributed by atoms with Crippen LogP contribution in [0, 0.1) is 5.92 Å². The van der Waals surface area contributed by atoms with Crippen LogP contribution in [0.2, 0.25) is 0 Å². The van der Waals surface area contributed by atoms with Crippen LogP contribution < -0.4 is 0 Å². The zero-order chi connectivity index (χ0) is 15.4. The van der Waals surface area contributed by atoms with Crippen molar-refractivity contribution in [3.05, 3.63) is 28.3 Å². The average molecular weight is 321 g/mol. The molecule has 3 heterocycles. The Morgan fingerprint density at radius 3 is 2.55 bits per heavy atom. The van der Waals surface area contributed by atoms with E-state index < -0.39 is 0 Å². The van der Waals surface area contributed by atoms with Crippen LogP contribution >= 0.6 is 11.3 Å². The molecule has 7 heteroatoms. The van der Waals surface area contributed by atoms with Gasteiger partial charge in [0.25, 0.3) is 0 Å². The molecule has 120 valence electrons. The summed E-state index contributed by atoms with van der Waals surface area (Å²) >= 11 is 1.66. The number of hydrogen-bond acceptors (Lipinski definition) is 7. The molecule has 1 fully saturated rings. The summed E-state index contributed by atoms with van der Waals surface area (Å²) in [7, 11) is 0. The minimum atomic E-state index is 0.555. The van der Waals surface area contributed by atoms with Gasteiger partial charge in [-0.3, -0.25) is 9.80 Å². The molecule has 1 aliphatic rings. The number of thiazole rings is 1. The molecule has 0 amide bonds. The average Bonchev–Trinajstić information content (AvgIpc) is 3.13. The van der Waals surface area contributed by atoms with Crippen molar-refractivity contribution in [2.75, 3.05) is 26.2 Å². The Bertz CT molecular complexity index is 560. The topological polar surface area (TPSA) is 58.3 Å². The van der Waals surface area contributed by atoms with Gasteiger partial charge in [0.15, 0.2) is 5.82 Å². The van der Waals surface area contributed by atoms with Crippen LogP contribution in [-0.4, -0.2) is 51.1 Å². The number of piperazine rings is 1. The maximum atomic E-state index is 5.36. The summed E-state index contributed by atoms with van der Waals surface area (Å²) in [6, 6.07) is 0. The summed E-state index contributed by atoms with van der Waals surface area (Å²) < 4.78 is 5.36. The van der Waals surface area contributed by atoms with Crippen LogP contribution in [0.3, 0.4) is 0 Å². The molecule has 0 radical (unpaired) electrons. The van der Waals surface area contributed by atoms with E-state index >= 15 is 0 Å². The summed E-state index contributed by atoms with van der Waals surface area (Å²) in [5.41, 5.74) is 3.07. The van der Waals surface area contributed by atoms with E-state index in [-0.39, 0.29) is 0 Å². The molecule has 1 aliphatic heterocycles. The van der Waals surface area contributed by atoms with Gasteiger partial charge in [-0.2, -0.15) is 4.98 Å². The summed E-state index contributed by atoms with van der Waals surface area (Å²) in [5.74, 6) is 2.12. The highest BCUT2D eigenvalue weighted by atomic mass is 32.1. The minimum absolute atomic E-state index is 0.555. The highest BCUT2D eigenvalue weighted by molar-refractivity contribution is 7.07. The largest absolute Gasteiger partial charge is 0.338 e. The van der Waals surface area contributed by atoms with Gasteiger partial charge in [0.05, 0.1) is 17.7 Å². The number of nitrogens with zero attached hydrogens (tertiary/aromatic N) is 5. The van der Waals surface area contributed by atoms with Crippen molar-refractivity contribution < 1.29 is 4.52 Å². The molecule has 0 aromatic carbocycles. The van der Waals surface area contributed by atoms with E-state index in [1.807, 2.05) is 5.51 Å². The smallest absolute Gasteiger partial charge is 0.240 e. The fourth-order valence-corrected chi connectivity index (χ4v) is 3.19. The fourth-order valence-electron chi connectivity index (χ4n) is 2.64. The highest BCUT2D eigenvalue weighted by Crippen LogP contribution is 2.12. The quantitative estimate of drug-likeness (QED) is 0.811. The van der Waals surface area contributed by atoms with Crippen LogP contribution in [0.4, 0.5) is 0 Å². The van der Waals surface area contributed by atoms with Crippen molar-refractivity contribution >= 4 is 11.3 Å². The van der Waals surface area contributed by atoms with Crippen LogP contribution in [0.25, 0.3) is 0 Å². The van der Waals surface area contributed by atoms with E-state index in [0.717, 1.165) is 57.4 Å². The Labute approximate surface area is 135 Å². The Balaban J connectivity index is 1.44. The van der Waals surface area contributed by atoms with Gasteiger partial charge in [-0.25, -0.2) is 4.98 Å². The van der Waals surface area contributed by atoms with Gasteiger partial charge in [0.1, 0.15) is 0 Å². The molecule has 0 saturated carbocycles. The summed E-state index contributed by atoms with van der Waals surface area (Å²) in [6.45, 7) is 10.2. The van der Waals surface area contributed by atoms with Gasteiger partial charge < -0.3 is 4.52 Å². The first-order chi connectivity index (χ1) is 10.7. The highest BCUT2D eigenvalue weighted by Gasteiger charge is 2.19. The molecule has 22 heavy (non-hydrogen) atoms. The standard InChI is InChI=1S/C15H23N5OS/c1-12(2)7-14-17-15(21-18-14)9-20-5-3-19(4-6-20)8-13-10-22-11-16-13/h10-12H,3-9H2,1-2H3. The lowest BCUT2D eigenvalue weighted by Gasteiger charge is -2.33.